The first-order chi connectivity index (χ1) is 8.72. The van der Waals surface area contributed by atoms with Crippen LogP contribution in [0.4, 0.5) is 0 Å². The van der Waals surface area contributed by atoms with Gasteiger partial charge in [0.2, 0.25) is 0 Å². The van der Waals surface area contributed by atoms with E-state index in [1.165, 1.54) is 19.3 Å². The first kappa shape index (κ1) is 15.5. The minimum absolute atomic E-state index is 0.218. The van der Waals surface area contributed by atoms with Crippen molar-refractivity contribution in [1.29, 1.82) is 5.26 Å². The van der Waals surface area contributed by atoms with E-state index in [0.717, 1.165) is 38.1 Å². The van der Waals surface area contributed by atoms with Crippen molar-refractivity contribution in [3.8, 4) is 6.07 Å². The molecule has 3 unspecified atom stereocenters. The van der Waals surface area contributed by atoms with Crippen molar-refractivity contribution in [3.63, 3.8) is 0 Å². The number of nitriles is 1. The molecule has 3 nitrogen and oxygen atoms in total. The molecule has 0 aliphatic heterocycles. The van der Waals surface area contributed by atoms with Gasteiger partial charge in [-0.15, -0.1) is 0 Å². The van der Waals surface area contributed by atoms with Crippen LogP contribution in [0.1, 0.15) is 51.9 Å². The molecule has 1 fully saturated rings. The van der Waals surface area contributed by atoms with Crippen molar-refractivity contribution in [3.05, 3.63) is 0 Å². The molecule has 0 radical (unpaired) electrons. The van der Waals surface area contributed by atoms with E-state index in [1.807, 2.05) is 0 Å². The minimum Gasteiger partial charge on any atom is -0.396 e. The lowest BCUT2D eigenvalue weighted by Crippen LogP contribution is -2.42. The number of nitrogens with zero attached hydrogens (tertiary/aromatic N) is 2. The summed E-state index contributed by atoms with van der Waals surface area (Å²) in [6.07, 6.45) is 7.84. The second kappa shape index (κ2) is 8.50. The summed E-state index contributed by atoms with van der Waals surface area (Å²) in [5.74, 6) is 1.02. The molecule has 1 aliphatic rings. The highest BCUT2D eigenvalue weighted by atomic mass is 16.2. The number of hydrogen-bond acceptors (Lipinski definition) is 3. The molecule has 3 heteroatoms. The monoisotopic (exact) mass is 252 g/mol. The van der Waals surface area contributed by atoms with Crippen molar-refractivity contribution in [2.45, 2.75) is 57.9 Å². The molecule has 0 heterocycles. The highest BCUT2D eigenvalue weighted by Gasteiger charge is 2.32. The van der Waals surface area contributed by atoms with Crippen LogP contribution in [0.2, 0.25) is 0 Å². The van der Waals surface area contributed by atoms with Crippen molar-refractivity contribution >= 4 is 0 Å². The number of aliphatic hydroxyl groups is 1. The van der Waals surface area contributed by atoms with E-state index in [2.05, 4.69) is 24.9 Å². The number of unbranched alkanes of at least 4 members (excludes halogenated alkanes) is 2. The van der Waals surface area contributed by atoms with E-state index < -0.39 is 0 Å². The molecule has 0 aromatic heterocycles. The maximum atomic E-state index is 9.27. The molecule has 0 spiro atoms. The van der Waals surface area contributed by atoms with Gasteiger partial charge in [0, 0.05) is 12.6 Å². The van der Waals surface area contributed by atoms with Gasteiger partial charge in [0.15, 0.2) is 0 Å². The molecule has 0 aromatic carbocycles. The first-order valence-electron chi connectivity index (χ1n) is 7.43. The van der Waals surface area contributed by atoms with Gasteiger partial charge in [0.25, 0.3) is 0 Å². The zero-order valence-corrected chi connectivity index (χ0v) is 11.9. The van der Waals surface area contributed by atoms with E-state index >= 15 is 0 Å². The maximum absolute atomic E-state index is 9.27. The van der Waals surface area contributed by atoms with Crippen LogP contribution in [0.25, 0.3) is 0 Å². The molecule has 1 aliphatic carbocycles. The third-order valence-electron chi connectivity index (χ3n) is 4.40. The summed E-state index contributed by atoms with van der Waals surface area (Å²) in [6.45, 7) is 3.61. The first-order valence-corrected chi connectivity index (χ1v) is 7.43. The summed E-state index contributed by atoms with van der Waals surface area (Å²) >= 11 is 0. The van der Waals surface area contributed by atoms with E-state index in [9.17, 15) is 5.26 Å². The van der Waals surface area contributed by atoms with Gasteiger partial charge in [-0.25, -0.2) is 0 Å². The van der Waals surface area contributed by atoms with Crippen molar-refractivity contribution < 1.29 is 5.11 Å². The predicted octanol–water partition coefficient (Wildman–Crippen LogP) is 2.80. The highest BCUT2D eigenvalue weighted by Crippen LogP contribution is 2.33. The minimum atomic E-state index is 0.218. The van der Waals surface area contributed by atoms with E-state index in [4.69, 9.17) is 5.11 Å². The smallest absolute Gasteiger partial charge is 0.0672 e. The van der Waals surface area contributed by atoms with Crippen molar-refractivity contribution in [2.24, 2.45) is 11.8 Å². The lowest BCUT2D eigenvalue weighted by atomic mass is 9.77. The second-order valence-electron chi connectivity index (χ2n) is 5.66. The lowest BCUT2D eigenvalue weighted by Gasteiger charge is -2.38. The van der Waals surface area contributed by atoms with Crippen LogP contribution in [-0.4, -0.2) is 36.2 Å². The fourth-order valence-corrected chi connectivity index (χ4v) is 3.06. The standard InChI is InChI=1S/C15H28N2O/c1-3-13-7-8-14(12-16)15(11-13)17(2)9-5-4-6-10-18/h13-15,18H,3-11H2,1-2H3. The lowest BCUT2D eigenvalue weighted by molar-refractivity contribution is 0.121. The maximum Gasteiger partial charge on any atom is 0.0672 e. The third kappa shape index (κ3) is 4.59. The zero-order valence-electron chi connectivity index (χ0n) is 11.9. The fraction of sp³-hybridized carbons (Fsp3) is 0.933. The summed E-state index contributed by atoms with van der Waals surface area (Å²) in [4.78, 5) is 2.38. The number of aliphatic hydroxyl groups excluding tert-OH is 1. The topological polar surface area (TPSA) is 47.3 Å². The average molecular weight is 252 g/mol. The van der Waals surface area contributed by atoms with Crippen LogP contribution in [0.5, 0.6) is 0 Å². The second-order valence-corrected chi connectivity index (χ2v) is 5.66. The van der Waals surface area contributed by atoms with Gasteiger partial charge in [-0.05, 0) is 58.0 Å². The summed E-state index contributed by atoms with van der Waals surface area (Å²) in [7, 11) is 2.16. The molecule has 0 aromatic rings. The van der Waals surface area contributed by atoms with Gasteiger partial charge in [0.05, 0.1) is 12.0 Å². The van der Waals surface area contributed by atoms with Crippen LogP contribution >= 0.6 is 0 Å². The highest BCUT2D eigenvalue weighted by molar-refractivity contribution is 4.96. The summed E-state index contributed by atoms with van der Waals surface area (Å²) < 4.78 is 0. The van der Waals surface area contributed by atoms with Crippen LogP contribution < -0.4 is 0 Å². The Morgan fingerprint density at radius 1 is 1.28 bits per heavy atom. The molecular weight excluding hydrogens is 224 g/mol. The Morgan fingerprint density at radius 3 is 2.67 bits per heavy atom. The molecule has 104 valence electrons. The Morgan fingerprint density at radius 2 is 2.06 bits per heavy atom. The van der Waals surface area contributed by atoms with Gasteiger partial charge in [0.1, 0.15) is 0 Å². The van der Waals surface area contributed by atoms with Crippen LogP contribution in [-0.2, 0) is 0 Å². The molecule has 1 rings (SSSR count). The fourth-order valence-electron chi connectivity index (χ4n) is 3.06. The summed E-state index contributed by atoms with van der Waals surface area (Å²) in [5, 5.41) is 18.0. The Balaban J connectivity index is 2.41. The molecule has 0 amide bonds. The van der Waals surface area contributed by atoms with Gasteiger partial charge in [-0.3, -0.25) is 0 Å². The number of rotatable bonds is 7. The molecule has 1 N–H and O–H groups in total. The van der Waals surface area contributed by atoms with Crippen LogP contribution in [0.3, 0.4) is 0 Å². The molecule has 3 atom stereocenters. The Bertz CT molecular complexity index is 262. The largest absolute Gasteiger partial charge is 0.396 e. The Hall–Kier alpha value is -0.590. The van der Waals surface area contributed by atoms with Crippen LogP contribution in [0.15, 0.2) is 0 Å². The molecule has 0 saturated heterocycles. The average Bonchev–Trinajstić information content (AvgIpc) is 2.42. The molecular formula is C15H28N2O. The van der Waals surface area contributed by atoms with E-state index in [0.29, 0.717) is 12.6 Å². The van der Waals surface area contributed by atoms with Gasteiger partial charge >= 0.3 is 0 Å². The molecule has 18 heavy (non-hydrogen) atoms. The molecule has 0 bridgehead atoms. The van der Waals surface area contributed by atoms with E-state index in [1.54, 1.807) is 0 Å². The Labute approximate surface area is 112 Å². The van der Waals surface area contributed by atoms with Crippen molar-refractivity contribution in [1.82, 2.24) is 4.90 Å². The van der Waals surface area contributed by atoms with Gasteiger partial charge in [-0.1, -0.05) is 13.3 Å². The Kier molecular flexibility index (Phi) is 7.31. The van der Waals surface area contributed by atoms with Crippen LogP contribution in [0, 0.1) is 23.2 Å². The third-order valence-corrected chi connectivity index (χ3v) is 4.40. The predicted molar refractivity (Wildman–Crippen MR) is 74.1 cm³/mol. The van der Waals surface area contributed by atoms with Gasteiger partial charge < -0.3 is 10.0 Å². The number of hydrogen-bond donors (Lipinski definition) is 1. The molecule has 1 saturated carbocycles. The SMILES string of the molecule is CCC1CCC(C#N)C(N(C)CCCCCO)C1. The summed E-state index contributed by atoms with van der Waals surface area (Å²) in [6, 6.07) is 2.95. The van der Waals surface area contributed by atoms with Gasteiger partial charge in [-0.2, -0.15) is 5.26 Å². The zero-order chi connectivity index (χ0) is 13.4. The van der Waals surface area contributed by atoms with E-state index in [-0.39, 0.29) is 5.92 Å². The van der Waals surface area contributed by atoms with Crippen molar-refractivity contribution in [2.75, 3.05) is 20.2 Å². The normalized spacial score (nSPS) is 28.3. The quantitative estimate of drug-likeness (QED) is 0.709. The summed E-state index contributed by atoms with van der Waals surface area (Å²) in [5.41, 5.74) is 0.